The van der Waals surface area contributed by atoms with Crippen LogP contribution in [0.5, 0.6) is 0 Å². The van der Waals surface area contributed by atoms with E-state index in [-0.39, 0.29) is 17.2 Å². The number of aromatic nitrogens is 3. The van der Waals surface area contributed by atoms with Crippen molar-refractivity contribution in [3.8, 4) is 11.4 Å². The van der Waals surface area contributed by atoms with Crippen LogP contribution in [0.25, 0.3) is 11.4 Å². The van der Waals surface area contributed by atoms with Crippen molar-refractivity contribution in [3.63, 3.8) is 0 Å². The first-order valence-electron chi connectivity index (χ1n) is 8.15. The van der Waals surface area contributed by atoms with Gasteiger partial charge < -0.3 is 19.8 Å². The van der Waals surface area contributed by atoms with Crippen molar-refractivity contribution in [1.29, 1.82) is 0 Å². The van der Waals surface area contributed by atoms with Crippen LogP contribution in [0.4, 0.5) is 5.69 Å². The van der Waals surface area contributed by atoms with Gasteiger partial charge in [-0.1, -0.05) is 48.2 Å². The highest BCUT2D eigenvalue weighted by Crippen LogP contribution is 2.25. The first-order valence-corrected chi connectivity index (χ1v) is 9.13. The molecule has 3 aromatic rings. The molecule has 1 aromatic heterocycles. The van der Waals surface area contributed by atoms with Crippen molar-refractivity contribution in [2.75, 3.05) is 11.1 Å². The quantitative estimate of drug-likeness (QED) is 0.655. The fourth-order valence-electron chi connectivity index (χ4n) is 2.55. The standard InChI is InChI=1S/C19H18N4O3S/c1-12-6-3-4-9-15(12)17-21-22-19(23(17)2)27-11-16(24)20-14-8-5-7-13(10-14)18(25)26/h3-10H,11H2,1-2H3,(H,20,24)(H,25,26)/p-1. The first kappa shape index (κ1) is 18.7. The van der Waals surface area contributed by atoms with Gasteiger partial charge in [-0.05, 0) is 30.2 Å². The molecule has 0 aliphatic carbocycles. The summed E-state index contributed by atoms with van der Waals surface area (Å²) in [5, 5.41) is 22.6. The van der Waals surface area contributed by atoms with Crippen LogP contribution in [0.3, 0.4) is 0 Å². The Kier molecular flexibility index (Phi) is 5.56. The second-order valence-electron chi connectivity index (χ2n) is 5.89. The Bertz CT molecular complexity index is 1000. The zero-order valence-corrected chi connectivity index (χ0v) is 15.6. The number of carboxylic acids is 1. The van der Waals surface area contributed by atoms with Crippen LogP contribution in [0.1, 0.15) is 15.9 Å². The summed E-state index contributed by atoms with van der Waals surface area (Å²) in [6.07, 6.45) is 0. The number of hydrogen-bond acceptors (Lipinski definition) is 6. The Labute approximate surface area is 160 Å². The van der Waals surface area contributed by atoms with Crippen molar-refractivity contribution in [3.05, 3.63) is 59.7 Å². The van der Waals surface area contributed by atoms with Gasteiger partial charge in [0, 0.05) is 18.3 Å². The molecule has 0 fully saturated rings. The smallest absolute Gasteiger partial charge is 0.234 e. The molecule has 2 aromatic carbocycles. The summed E-state index contributed by atoms with van der Waals surface area (Å²) in [5.74, 6) is -0.702. The highest BCUT2D eigenvalue weighted by atomic mass is 32.2. The van der Waals surface area contributed by atoms with Gasteiger partial charge in [-0.2, -0.15) is 0 Å². The van der Waals surface area contributed by atoms with Crippen LogP contribution in [0.15, 0.2) is 53.7 Å². The van der Waals surface area contributed by atoms with Gasteiger partial charge in [0.25, 0.3) is 0 Å². The summed E-state index contributed by atoms with van der Waals surface area (Å²) >= 11 is 1.25. The van der Waals surface area contributed by atoms with Crippen molar-refractivity contribution in [2.24, 2.45) is 7.05 Å². The number of thioether (sulfide) groups is 1. The molecule has 0 unspecified atom stereocenters. The predicted molar refractivity (Wildman–Crippen MR) is 101 cm³/mol. The van der Waals surface area contributed by atoms with Gasteiger partial charge in [-0.15, -0.1) is 10.2 Å². The lowest BCUT2D eigenvalue weighted by atomic mass is 10.1. The number of aryl methyl sites for hydroxylation is 1. The van der Waals surface area contributed by atoms with Crippen molar-refractivity contribution >= 4 is 29.3 Å². The summed E-state index contributed by atoms with van der Waals surface area (Å²) in [6, 6.07) is 13.8. The lowest BCUT2D eigenvalue weighted by Gasteiger charge is -2.08. The Hall–Kier alpha value is -3.13. The molecule has 1 N–H and O–H groups in total. The number of rotatable bonds is 6. The minimum absolute atomic E-state index is 0.0108. The number of carbonyl (C=O) groups excluding carboxylic acids is 2. The normalized spacial score (nSPS) is 10.6. The molecule has 0 radical (unpaired) electrons. The van der Waals surface area contributed by atoms with Crippen LogP contribution in [0, 0.1) is 6.92 Å². The summed E-state index contributed by atoms with van der Waals surface area (Å²) < 4.78 is 1.84. The lowest BCUT2D eigenvalue weighted by Crippen LogP contribution is -2.22. The lowest BCUT2D eigenvalue weighted by molar-refractivity contribution is -0.255. The van der Waals surface area contributed by atoms with E-state index in [0.717, 1.165) is 17.0 Å². The van der Waals surface area contributed by atoms with E-state index in [4.69, 9.17) is 0 Å². The number of nitrogens with zero attached hydrogens (tertiary/aromatic N) is 3. The molecule has 0 saturated carbocycles. The third kappa shape index (κ3) is 4.35. The van der Waals surface area contributed by atoms with E-state index in [1.807, 2.05) is 42.8 Å². The molecule has 0 aliphatic heterocycles. The third-order valence-corrected chi connectivity index (χ3v) is 4.96. The van der Waals surface area contributed by atoms with Crippen molar-refractivity contribution in [2.45, 2.75) is 12.1 Å². The summed E-state index contributed by atoms with van der Waals surface area (Å²) in [4.78, 5) is 23.0. The van der Waals surface area contributed by atoms with Crippen LogP contribution in [-0.2, 0) is 11.8 Å². The van der Waals surface area contributed by atoms with E-state index in [1.54, 1.807) is 12.1 Å². The largest absolute Gasteiger partial charge is 0.545 e. The van der Waals surface area contributed by atoms with Crippen LogP contribution in [-0.4, -0.2) is 32.4 Å². The average molecular weight is 381 g/mol. The van der Waals surface area contributed by atoms with Crippen LogP contribution >= 0.6 is 11.8 Å². The highest BCUT2D eigenvalue weighted by Gasteiger charge is 2.14. The van der Waals surface area contributed by atoms with Gasteiger partial charge in [0.15, 0.2) is 11.0 Å². The molecule has 27 heavy (non-hydrogen) atoms. The van der Waals surface area contributed by atoms with Gasteiger partial charge in [0.1, 0.15) is 0 Å². The monoisotopic (exact) mass is 381 g/mol. The molecule has 0 bridgehead atoms. The molecule has 1 heterocycles. The molecule has 3 rings (SSSR count). The Morgan fingerprint density at radius 3 is 2.67 bits per heavy atom. The van der Waals surface area contributed by atoms with Gasteiger partial charge in [-0.25, -0.2) is 0 Å². The predicted octanol–water partition coefficient (Wildman–Crippen LogP) is 1.88. The minimum atomic E-state index is -1.29. The molecule has 8 heteroatoms. The SMILES string of the molecule is Cc1ccccc1-c1nnc(SCC(=O)Nc2cccc(C(=O)[O-])c2)n1C. The highest BCUT2D eigenvalue weighted by molar-refractivity contribution is 7.99. The Balaban J connectivity index is 1.65. The van der Waals surface area contributed by atoms with Gasteiger partial charge >= 0.3 is 0 Å². The topological polar surface area (TPSA) is 99.9 Å². The second kappa shape index (κ2) is 8.05. The minimum Gasteiger partial charge on any atom is -0.545 e. The second-order valence-corrected chi connectivity index (χ2v) is 6.83. The molecular formula is C19H17N4O3S-. The number of anilines is 1. The fraction of sp³-hybridized carbons (Fsp3) is 0.158. The van der Waals surface area contributed by atoms with E-state index >= 15 is 0 Å². The van der Waals surface area contributed by atoms with Crippen LogP contribution < -0.4 is 10.4 Å². The molecule has 0 saturated heterocycles. The van der Waals surface area contributed by atoms with E-state index in [0.29, 0.717) is 10.8 Å². The summed E-state index contributed by atoms with van der Waals surface area (Å²) in [6.45, 7) is 2.00. The molecule has 0 spiro atoms. The average Bonchev–Trinajstić information content (AvgIpc) is 3.01. The maximum absolute atomic E-state index is 12.2. The summed E-state index contributed by atoms with van der Waals surface area (Å²) in [5.41, 5.74) is 2.50. The number of carbonyl (C=O) groups is 2. The molecule has 0 aliphatic rings. The number of carboxylic acid groups (broad SMARTS) is 1. The number of amides is 1. The van der Waals surface area contributed by atoms with Crippen LogP contribution in [0.2, 0.25) is 0 Å². The maximum atomic E-state index is 12.2. The summed E-state index contributed by atoms with van der Waals surface area (Å²) in [7, 11) is 1.85. The van der Waals surface area contributed by atoms with E-state index in [9.17, 15) is 14.7 Å². The number of benzene rings is 2. The van der Waals surface area contributed by atoms with E-state index in [1.165, 1.54) is 23.9 Å². The molecular weight excluding hydrogens is 364 g/mol. The molecule has 1 amide bonds. The maximum Gasteiger partial charge on any atom is 0.234 e. The van der Waals surface area contributed by atoms with Gasteiger partial charge in [0.2, 0.25) is 5.91 Å². The van der Waals surface area contributed by atoms with E-state index in [2.05, 4.69) is 15.5 Å². The van der Waals surface area contributed by atoms with E-state index < -0.39 is 5.97 Å². The molecule has 138 valence electrons. The zero-order chi connectivity index (χ0) is 19.4. The van der Waals surface area contributed by atoms with Gasteiger partial charge in [-0.3, -0.25) is 4.79 Å². The fourth-order valence-corrected chi connectivity index (χ4v) is 3.26. The number of nitrogens with one attached hydrogen (secondary N) is 1. The zero-order valence-electron chi connectivity index (χ0n) is 14.8. The molecule has 7 nitrogen and oxygen atoms in total. The third-order valence-electron chi connectivity index (χ3n) is 3.94. The Morgan fingerprint density at radius 2 is 1.93 bits per heavy atom. The number of hydrogen-bond donors (Lipinski definition) is 1. The Morgan fingerprint density at radius 1 is 1.15 bits per heavy atom. The molecule has 0 atom stereocenters. The first-order chi connectivity index (χ1) is 13.0. The van der Waals surface area contributed by atoms with Crippen molar-refractivity contribution in [1.82, 2.24) is 14.8 Å². The number of aromatic carboxylic acids is 1. The van der Waals surface area contributed by atoms with Gasteiger partial charge in [0.05, 0.1) is 11.7 Å². The van der Waals surface area contributed by atoms with Crippen molar-refractivity contribution < 1.29 is 14.7 Å².